The molecule has 0 bridgehead atoms. The Labute approximate surface area is 98.9 Å². The predicted octanol–water partition coefficient (Wildman–Crippen LogP) is 1.26. The molecule has 2 unspecified atom stereocenters. The van der Waals surface area contributed by atoms with Crippen molar-refractivity contribution in [3.05, 3.63) is 34.9 Å². The summed E-state index contributed by atoms with van der Waals surface area (Å²) in [6.07, 6.45) is -0.940. The Morgan fingerprint density at radius 1 is 1.44 bits per heavy atom. The number of carboxylic acid groups (broad SMARTS) is 1. The normalized spacial score (nSPS) is 14.4. The maximum atomic E-state index is 10.8. The summed E-state index contributed by atoms with van der Waals surface area (Å²) in [5, 5.41) is 21.5. The van der Waals surface area contributed by atoms with Gasteiger partial charge in [0, 0.05) is 11.6 Å². The van der Waals surface area contributed by atoms with Gasteiger partial charge in [0.15, 0.2) is 0 Å². The average Bonchev–Trinajstić information content (AvgIpc) is 2.20. The van der Waals surface area contributed by atoms with E-state index in [1.807, 2.05) is 0 Å². The van der Waals surface area contributed by atoms with Crippen LogP contribution in [0.15, 0.2) is 24.3 Å². The van der Waals surface area contributed by atoms with Crippen LogP contribution in [0.3, 0.4) is 0 Å². The van der Waals surface area contributed by atoms with Crippen LogP contribution in [0.25, 0.3) is 0 Å². The van der Waals surface area contributed by atoms with E-state index in [0.29, 0.717) is 11.6 Å². The van der Waals surface area contributed by atoms with E-state index in [1.54, 1.807) is 24.3 Å². The zero-order valence-corrected chi connectivity index (χ0v) is 9.61. The lowest BCUT2D eigenvalue weighted by Gasteiger charge is -2.16. The van der Waals surface area contributed by atoms with Crippen LogP contribution in [0.1, 0.15) is 12.5 Å². The molecule has 2 atom stereocenters. The minimum Gasteiger partial charge on any atom is -0.480 e. The summed E-state index contributed by atoms with van der Waals surface area (Å²) in [7, 11) is 0. The third-order valence-electron chi connectivity index (χ3n) is 2.19. The van der Waals surface area contributed by atoms with Crippen molar-refractivity contribution in [2.45, 2.75) is 25.6 Å². The zero-order valence-electron chi connectivity index (χ0n) is 8.85. The molecule has 0 aliphatic rings. The number of carbonyl (C=O) groups is 1. The first-order valence-corrected chi connectivity index (χ1v) is 5.27. The maximum absolute atomic E-state index is 10.8. The Kier molecular flexibility index (Phi) is 4.73. The fourth-order valence-corrected chi connectivity index (χ4v) is 1.42. The van der Waals surface area contributed by atoms with Crippen molar-refractivity contribution in [2.24, 2.45) is 0 Å². The van der Waals surface area contributed by atoms with E-state index in [1.165, 1.54) is 6.92 Å². The highest BCUT2D eigenvalue weighted by molar-refractivity contribution is 6.30. The van der Waals surface area contributed by atoms with Crippen molar-refractivity contribution in [3.8, 4) is 0 Å². The molecule has 4 nitrogen and oxygen atoms in total. The quantitative estimate of drug-likeness (QED) is 0.728. The topological polar surface area (TPSA) is 69.6 Å². The van der Waals surface area contributed by atoms with Gasteiger partial charge >= 0.3 is 5.97 Å². The van der Waals surface area contributed by atoms with E-state index in [9.17, 15) is 9.90 Å². The molecule has 0 radical (unpaired) electrons. The first-order valence-electron chi connectivity index (χ1n) is 4.89. The van der Waals surface area contributed by atoms with Gasteiger partial charge < -0.3 is 10.2 Å². The summed E-state index contributed by atoms with van der Waals surface area (Å²) in [4.78, 5) is 10.8. The van der Waals surface area contributed by atoms with Crippen LogP contribution in [-0.4, -0.2) is 28.3 Å². The number of aliphatic hydroxyl groups is 1. The van der Waals surface area contributed by atoms with E-state index in [0.717, 1.165) is 5.56 Å². The molecular weight excluding hydrogens is 230 g/mol. The largest absolute Gasteiger partial charge is 0.480 e. The van der Waals surface area contributed by atoms with Gasteiger partial charge in [0.25, 0.3) is 0 Å². The summed E-state index contributed by atoms with van der Waals surface area (Å²) in [5.41, 5.74) is 0.913. The van der Waals surface area contributed by atoms with E-state index in [2.05, 4.69) is 5.32 Å². The third kappa shape index (κ3) is 3.81. The Morgan fingerprint density at radius 2 is 2.00 bits per heavy atom. The van der Waals surface area contributed by atoms with Crippen LogP contribution in [0, 0.1) is 0 Å². The molecule has 0 aromatic heterocycles. The second-order valence-electron chi connectivity index (χ2n) is 3.56. The molecule has 0 amide bonds. The van der Waals surface area contributed by atoms with Crippen molar-refractivity contribution in [1.29, 1.82) is 0 Å². The van der Waals surface area contributed by atoms with Gasteiger partial charge in [0.05, 0.1) is 6.10 Å². The van der Waals surface area contributed by atoms with Gasteiger partial charge in [-0.1, -0.05) is 23.7 Å². The third-order valence-corrected chi connectivity index (χ3v) is 2.44. The molecule has 0 heterocycles. The van der Waals surface area contributed by atoms with E-state index in [4.69, 9.17) is 16.7 Å². The molecule has 3 N–H and O–H groups in total. The number of carboxylic acids is 1. The molecule has 88 valence electrons. The van der Waals surface area contributed by atoms with Gasteiger partial charge in [-0.25, -0.2) is 0 Å². The second kappa shape index (κ2) is 5.84. The number of hydrogen-bond donors (Lipinski definition) is 3. The fraction of sp³-hybridized carbons (Fsp3) is 0.364. The molecule has 0 aliphatic carbocycles. The monoisotopic (exact) mass is 243 g/mol. The van der Waals surface area contributed by atoms with E-state index in [-0.39, 0.29) is 0 Å². The van der Waals surface area contributed by atoms with Crippen LogP contribution in [0.2, 0.25) is 5.02 Å². The number of hydrogen-bond acceptors (Lipinski definition) is 3. The lowest BCUT2D eigenvalue weighted by molar-refractivity contribution is -0.142. The molecular formula is C11H14ClNO3. The van der Waals surface area contributed by atoms with Crippen molar-refractivity contribution in [3.63, 3.8) is 0 Å². The van der Waals surface area contributed by atoms with Gasteiger partial charge in [0.1, 0.15) is 6.04 Å². The summed E-state index contributed by atoms with van der Waals surface area (Å²) >= 11 is 5.72. The molecule has 5 heteroatoms. The molecule has 1 rings (SSSR count). The Morgan fingerprint density at radius 3 is 2.44 bits per heavy atom. The minimum atomic E-state index is -1.07. The molecule has 1 aromatic rings. The maximum Gasteiger partial charge on any atom is 0.323 e. The Bertz CT molecular complexity index is 351. The predicted molar refractivity (Wildman–Crippen MR) is 61.4 cm³/mol. The number of nitrogens with one attached hydrogen (secondary N) is 1. The van der Waals surface area contributed by atoms with Crippen LogP contribution < -0.4 is 5.32 Å². The van der Waals surface area contributed by atoms with Crippen LogP contribution in [0.5, 0.6) is 0 Å². The van der Waals surface area contributed by atoms with Crippen molar-refractivity contribution in [2.75, 3.05) is 0 Å². The minimum absolute atomic E-state index is 0.374. The smallest absolute Gasteiger partial charge is 0.323 e. The van der Waals surface area contributed by atoms with Gasteiger partial charge in [-0.15, -0.1) is 0 Å². The van der Waals surface area contributed by atoms with Crippen molar-refractivity contribution >= 4 is 17.6 Å². The van der Waals surface area contributed by atoms with Crippen molar-refractivity contribution < 1.29 is 15.0 Å². The number of aliphatic carboxylic acids is 1. The van der Waals surface area contributed by atoms with Crippen molar-refractivity contribution in [1.82, 2.24) is 5.32 Å². The molecule has 0 aliphatic heterocycles. The summed E-state index contributed by atoms with van der Waals surface area (Å²) in [6, 6.07) is 6.11. The number of benzene rings is 1. The first kappa shape index (κ1) is 13.0. The van der Waals surface area contributed by atoms with Crippen LogP contribution >= 0.6 is 11.6 Å². The van der Waals surface area contributed by atoms with Gasteiger partial charge in [-0.05, 0) is 24.6 Å². The fourth-order valence-electron chi connectivity index (χ4n) is 1.29. The highest BCUT2D eigenvalue weighted by Crippen LogP contribution is 2.09. The lowest BCUT2D eigenvalue weighted by atomic mass is 10.1. The van der Waals surface area contributed by atoms with E-state index >= 15 is 0 Å². The van der Waals surface area contributed by atoms with Gasteiger partial charge in [-0.2, -0.15) is 0 Å². The van der Waals surface area contributed by atoms with Gasteiger partial charge in [-0.3, -0.25) is 10.1 Å². The van der Waals surface area contributed by atoms with Gasteiger partial charge in [0.2, 0.25) is 0 Å². The zero-order chi connectivity index (χ0) is 12.1. The molecule has 0 spiro atoms. The molecule has 1 aromatic carbocycles. The second-order valence-corrected chi connectivity index (χ2v) is 4.00. The van der Waals surface area contributed by atoms with Crippen LogP contribution in [-0.2, 0) is 11.3 Å². The first-order chi connectivity index (χ1) is 7.50. The average molecular weight is 244 g/mol. The Hall–Kier alpha value is -1.10. The lowest BCUT2D eigenvalue weighted by Crippen LogP contribution is -2.44. The summed E-state index contributed by atoms with van der Waals surface area (Å²) < 4.78 is 0. The SMILES string of the molecule is CC(O)C(NCc1ccc(Cl)cc1)C(=O)O. The molecule has 0 saturated carbocycles. The number of halogens is 1. The molecule has 0 fully saturated rings. The molecule has 0 saturated heterocycles. The van der Waals surface area contributed by atoms with E-state index < -0.39 is 18.1 Å². The summed E-state index contributed by atoms with van der Waals surface area (Å²) in [6.45, 7) is 1.81. The number of rotatable bonds is 5. The number of aliphatic hydroxyl groups excluding tert-OH is 1. The highest BCUT2D eigenvalue weighted by atomic mass is 35.5. The Balaban J connectivity index is 2.55. The molecule has 16 heavy (non-hydrogen) atoms. The van der Waals surface area contributed by atoms with Crippen LogP contribution in [0.4, 0.5) is 0 Å². The summed E-state index contributed by atoms with van der Waals surface area (Å²) in [5.74, 6) is -1.07. The standard InChI is InChI=1S/C11H14ClNO3/c1-7(14)10(11(15)16)13-6-8-2-4-9(12)5-3-8/h2-5,7,10,13-14H,6H2,1H3,(H,15,16). The highest BCUT2D eigenvalue weighted by Gasteiger charge is 2.21.